The van der Waals surface area contributed by atoms with Gasteiger partial charge in [-0.15, -0.1) is 0 Å². The van der Waals surface area contributed by atoms with Gasteiger partial charge in [0.15, 0.2) is 0 Å². The number of fused-ring (bicyclic) bond motifs is 4. The Morgan fingerprint density at radius 3 is 0.906 bits per heavy atom. The van der Waals surface area contributed by atoms with Gasteiger partial charge in [-0.2, -0.15) is 0 Å². The maximum atomic E-state index is 5.01. The van der Waals surface area contributed by atoms with Gasteiger partial charge in [0.05, 0.1) is 81.0 Å². The first-order valence-corrected chi connectivity index (χ1v) is 22.2. The molecule has 0 saturated heterocycles. The summed E-state index contributed by atoms with van der Waals surface area (Å²) in [5, 5.41) is 11.7. The van der Waals surface area contributed by atoms with Crippen LogP contribution < -0.4 is 9.80 Å². The van der Waals surface area contributed by atoms with E-state index in [4.69, 9.17) is 19.9 Å². The second-order valence-electron chi connectivity index (χ2n) is 17.6. The highest BCUT2D eigenvalue weighted by Gasteiger charge is 2.27. The van der Waals surface area contributed by atoms with Crippen molar-refractivity contribution in [3.63, 3.8) is 0 Å². The van der Waals surface area contributed by atoms with E-state index in [0.29, 0.717) is 0 Å². The van der Waals surface area contributed by atoms with E-state index in [9.17, 15) is 0 Å². The van der Waals surface area contributed by atoms with Gasteiger partial charge in [-0.3, -0.25) is 19.9 Å². The molecule has 0 aliphatic rings. The zero-order valence-electron chi connectivity index (χ0n) is 36.2. The summed E-state index contributed by atoms with van der Waals surface area (Å²) in [6.07, 6.45) is 8.03. The van der Waals surface area contributed by atoms with Crippen molar-refractivity contribution in [1.29, 1.82) is 0 Å². The topological polar surface area (TPSA) is 58.0 Å². The molecule has 0 N–H and O–H groups in total. The van der Waals surface area contributed by atoms with Gasteiger partial charge in [0, 0.05) is 32.3 Å². The van der Waals surface area contributed by atoms with Crippen molar-refractivity contribution in [3.05, 3.63) is 194 Å². The summed E-state index contributed by atoms with van der Waals surface area (Å²) >= 11 is 0. The minimum Gasteiger partial charge on any atom is -0.307 e. The summed E-state index contributed by atoms with van der Waals surface area (Å²) in [4.78, 5) is 24.8. The number of hydrogen-bond donors (Lipinski definition) is 0. The molecule has 0 aliphatic heterocycles. The molecule has 8 aromatic carbocycles. The Morgan fingerprint density at radius 1 is 0.328 bits per heavy atom. The van der Waals surface area contributed by atoms with Crippen molar-refractivity contribution in [2.75, 3.05) is 9.80 Å². The molecule has 0 radical (unpaired) electrons. The van der Waals surface area contributed by atoms with Gasteiger partial charge in [0.25, 0.3) is 0 Å². The van der Waals surface area contributed by atoms with Crippen LogP contribution in [0.3, 0.4) is 0 Å². The first-order valence-electron chi connectivity index (χ1n) is 22.2. The van der Waals surface area contributed by atoms with Crippen LogP contribution in [0.2, 0.25) is 0 Å². The molecule has 0 saturated carbocycles. The molecule has 0 bridgehead atoms. The van der Waals surface area contributed by atoms with E-state index in [1.54, 1.807) is 0 Å². The highest BCUT2D eigenvalue weighted by Crippen LogP contribution is 2.51. The Balaban J connectivity index is 1.19. The Morgan fingerprint density at radius 2 is 0.609 bits per heavy atom. The van der Waals surface area contributed by atoms with Crippen molar-refractivity contribution in [2.24, 2.45) is 0 Å². The third-order valence-electron chi connectivity index (χ3n) is 13.0. The number of para-hydroxylation sites is 4. The molecule has 0 amide bonds. The van der Waals surface area contributed by atoms with E-state index in [0.717, 1.165) is 88.5 Å². The molecule has 0 aliphatic carbocycles. The maximum absolute atomic E-state index is 5.01. The summed E-state index contributed by atoms with van der Waals surface area (Å²) < 4.78 is 0. The van der Waals surface area contributed by atoms with Gasteiger partial charge in [0.1, 0.15) is 0 Å². The highest BCUT2D eigenvalue weighted by atomic mass is 15.2. The van der Waals surface area contributed by atoms with Crippen molar-refractivity contribution in [2.45, 2.75) is 39.5 Å². The molecule has 64 heavy (non-hydrogen) atoms. The first kappa shape index (κ1) is 37.8. The molecule has 306 valence electrons. The van der Waals surface area contributed by atoms with Crippen LogP contribution in [0.15, 0.2) is 183 Å². The summed E-state index contributed by atoms with van der Waals surface area (Å²) in [6.45, 7) is 9.23. The van der Waals surface area contributed by atoms with Gasteiger partial charge >= 0.3 is 0 Å². The molecule has 4 aromatic heterocycles. The van der Waals surface area contributed by atoms with Crippen molar-refractivity contribution < 1.29 is 0 Å². The molecule has 12 aromatic rings. The van der Waals surface area contributed by atoms with Crippen LogP contribution in [-0.4, -0.2) is 19.9 Å². The molecule has 6 heteroatoms. The van der Waals surface area contributed by atoms with Crippen LogP contribution in [0, 0.1) is 0 Å². The average molecular weight is 825 g/mol. The third kappa shape index (κ3) is 6.09. The van der Waals surface area contributed by atoms with Crippen LogP contribution >= 0.6 is 0 Å². The smallest absolute Gasteiger partial charge is 0.0703 e. The fraction of sp³-hybridized carbons (Fsp3) is 0.103. The molecule has 4 heterocycles. The summed E-state index contributed by atoms with van der Waals surface area (Å²) in [6, 6.07) is 56.6. The van der Waals surface area contributed by atoms with Crippen LogP contribution in [0.4, 0.5) is 34.1 Å². The molecular weight excluding hydrogens is 781 g/mol. The zero-order chi connectivity index (χ0) is 43.1. The second-order valence-corrected chi connectivity index (χ2v) is 17.6. The minimum absolute atomic E-state index is 0.238. The van der Waals surface area contributed by atoms with Crippen LogP contribution in [0.5, 0.6) is 0 Å². The van der Waals surface area contributed by atoms with Gasteiger partial charge in [-0.05, 0) is 105 Å². The van der Waals surface area contributed by atoms with E-state index < -0.39 is 0 Å². The lowest BCUT2D eigenvalue weighted by Gasteiger charge is -2.31. The molecule has 0 atom stereocenters. The minimum atomic E-state index is 0.238. The standard InChI is InChI=1S/C58H44N6/c1-35(2)49-29-55(63(41-25-37-13-5-9-17-51(37)59-31-41)42-26-38-14-6-10-18-52(38)60-32-42)47-24-22-46-50(36(3)4)30-56(48-23-21-45(49)57(47)58(46)48)64(43-27-39-15-7-11-19-53(39)61-33-43)44-28-40-16-8-12-20-54(40)62-34-44/h5-36H,1-4H3. The molecular formula is C58H44N6. The quantitative estimate of drug-likeness (QED) is 0.142. The Kier molecular flexibility index (Phi) is 8.76. The van der Waals surface area contributed by atoms with E-state index in [2.05, 4.69) is 171 Å². The lowest BCUT2D eigenvalue weighted by molar-refractivity contribution is 0.875. The van der Waals surface area contributed by atoms with E-state index in [1.807, 2.05) is 49.1 Å². The fourth-order valence-electron chi connectivity index (χ4n) is 9.92. The summed E-state index contributed by atoms with van der Waals surface area (Å²) in [7, 11) is 0. The van der Waals surface area contributed by atoms with Crippen molar-refractivity contribution in [1.82, 2.24) is 19.9 Å². The number of rotatable bonds is 8. The normalized spacial score (nSPS) is 12.0. The number of anilines is 6. The highest BCUT2D eigenvalue weighted by molar-refractivity contribution is 6.29. The predicted octanol–water partition coefficient (Wildman–Crippen LogP) is 16.0. The Labute approximate surface area is 371 Å². The van der Waals surface area contributed by atoms with Gasteiger partial charge in [0.2, 0.25) is 0 Å². The van der Waals surface area contributed by atoms with E-state index >= 15 is 0 Å². The van der Waals surface area contributed by atoms with Crippen LogP contribution in [0.1, 0.15) is 50.7 Å². The Hall–Kier alpha value is -7.96. The lowest BCUT2D eigenvalue weighted by Crippen LogP contribution is -2.13. The second kappa shape index (κ2) is 14.8. The average Bonchev–Trinajstić information content (AvgIpc) is 3.33. The maximum Gasteiger partial charge on any atom is 0.0703 e. The molecule has 0 unspecified atom stereocenters. The van der Waals surface area contributed by atoms with E-state index in [1.165, 1.54) is 32.7 Å². The number of benzene rings is 8. The molecule has 6 nitrogen and oxygen atoms in total. The monoisotopic (exact) mass is 824 g/mol. The Bertz CT molecular complexity index is 3370. The largest absolute Gasteiger partial charge is 0.307 e. The predicted molar refractivity (Wildman–Crippen MR) is 269 cm³/mol. The number of pyridine rings is 4. The summed E-state index contributed by atoms with van der Waals surface area (Å²) in [5.41, 5.74) is 12.5. The fourth-order valence-corrected chi connectivity index (χ4v) is 9.92. The summed E-state index contributed by atoms with van der Waals surface area (Å²) in [5.74, 6) is 0.477. The third-order valence-corrected chi connectivity index (χ3v) is 13.0. The molecule has 0 spiro atoms. The van der Waals surface area contributed by atoms with E-state index in [-0.39, 0.29) is 11.8 Å². The number of aromatic nitrogens is 4. The van der Waals surface area contributed by atoms with Crippen LogP contribution in [-0.2, 0) is 0 Å². The SMILES string of the molecule is CC(C)c1cc(N(c2cnc3ccccc3c2)c2cnc3ccccc3c2)c2ccc3c(C(C)C)cc(N(c4cnc5ccccc5c4)c4cnc5ccccc5c4)c4ccc1c2c34. The van der Waals surface area contributed by atoms with Gasteiger partial charge in [-0.25, -0.2) is 0 Å². The van der Waals surface area contributed by atoms with Crippen molar-refractivity contribution >= 4 is 110 Å². The van der Waals surface area contributed by atoms with Gasteiger partial charge < -0.3 is 9.80 Å². The van der Waals surface area contributed by atoms with Crippen LogP contribution in [0.25, 0.3) is 75.9 Å². The zero-order valence-corrected chi connectivity index (χ0v) is 36.2. The molecule has 12 rings (SSSR count). The molecule has 0 fully saturated rings. The number of nitrogens with zero attached hydrogens (tertiary/aromatic N) is 6. The number of hydrogen-bond acceptors (Lipinski definition) is 6. The van der Waals surface area contributed by atoms with Crippen molar-refractivity contribution in [3.8, 4) is 0 Å². The van der Waals surface area contributed by atoms with Gasteiger partial charge in [-0.1, -0.05) is 125 Å². The lowest BCUT2D eigenvalue weighted by atomic mass is 9.84. The first-order chi connectivity index (χ1) is 31.4.